The Hall–Kier alpha value is -2.58. The van der Waals surface area contributed by atoms with Crippen molar-refractivity contribution in [2.75, 3.05) is 13.1 Å². The SMILES string of the molecule is Cc1ccc(-c2noc(Cc3ccc(S(=O)(=O)N4CCCCC4)cc3)n2)cn1. The van der Waals surface area contributed by atoms with E-state index in [4.69, 9.17) is 4.52 Å². The molecule has 0 saturated carbocycles. The third-order valence-corrected chi connectivity index (χ3v) is 6.78. The molecule has 7 nitrogen and oxygen atoms in total. The van der Waals surface area contributed by atoms with Gasteiger partial charge in [-0.05, 0) is 49.6 Å². The lowest BCUT2D eigenvalue weighted by Gasteiger charge is -2.25. The van der Waals surface area contributed by atoms with E-state index in [1.165, 1.54) is 0 Å². The van der Waals surface area contributed by atoms with Crippen LogP contribution in [0.15, 0.2) is 52.0 Å². The molecular weight excluding hydrogens is 376 g/mol. The third-order valence-electron chi connectivity index (χ3n) is 4.87. The van der Waals surface area contributed by atoms with Crippen molar-refractivity contribution >= 4 is 10.0 Å². The van der Waals surface area contributed by atoms with Crippen molar-refractivity contribution in [1.82, 2.24) is 19.4 Å². The van der Waals surface area contributed by atoms with Crippen LogP contribution < -0.4 is 0 Å². The van der Waals surface area contributed by atoms with Gasteiger partial charge in [0, 0.05) is 30.5 Å². The summed E-state index contributed by atoms with van der Waals surface area (Å²) in [6.07, 6.45) is 5.09. The Morgan fingerprint density at radius 3 is 2.46 bits per heavy atom. The maximum absolute atomic E-state index is 12.7. The number of benzene rings is 1. The van der Waals surface area contributed by atoms with Gasteiger partial charge >= 0.3 is 0 Å². The first-order valence-electron chi connectivity index (χ1n) is 9.37. The minimum Gasteiger partial charge on any atom is -0.339 e. The van der Waals surface area contributed by atoms with Crippen LogP contribution >= 0.6 is 0 Å². The number of hydrogen-bond donors (Lipinski definition) is 0. The predicted molar refractivity (Wildman–Crippen MR) is 104 cm³/mol. The van der Waals surface area contributed by atoms with E-state index in [1.807, 2.05) is 19.1 Å². The summed E-state index contributed by atoms with van der Waals surface area (Å²) in [4.78, 5) is 8.97. The Morgan fingerprint density at radius 2 is 1.79 bits per heavy atom. The first-order chi connectivity index (χ1) is 13.5. The van der Waals surface area contributed by atoms with Crippen LogP contribution in [0.1, 0.15) is 36.4 Å². The number of hydrogen-bond acceptors (Lipinski definition) is 6. The first kappa shape index (κ1) is 18.8. The van der Waals surface area contributed by atoms with Crippen LogP contribution in [0.5, 0.6) is 0 Å². The molecule has 4 rings (SSSR count). The molecule has 0 bridgehead atoms. The minimum absolute atomic E-state index is 0.329. The lowest BCUT2D eigenvalue weighted by molar-refractivity contribution is 0.346. The molecule has 0 spiro atoms. The zero-order valence-electron chi connectivity index (χ0n) is 15.7. The molecule has 0 aliphatic carbocycles. The van der Waals surface area contributed by atoms with Crippen LogP contribution in [0.2, 0.25) is 0 Å². The molecular formula is C20H22N4O3S. The molecule has 1 fully saturated rings. The molecule has 0 atom stereocenters. The zero-order chi connectivity index (χ0) is 19.6. The van der Waals surface area contributed by atoms with Gasteiger partial charge in [0.1, 0.15) is 0 Å². The van der Waals surface area contributed by atoms with Gasteiger partial charge in [-0.1, -0.05) is 23.7 Å². The number of pyridine rings is 1. The van der Waals surface area contributed by atoms with Crippen molar-refractivity contribution in [2.24, 2.45) is 0 Å². The Bertz CT molecular complexity index is 1040. The largest absolute Gasteiger partial charge is 0.339 e. The average Bonchev–Trinajstić information content (AvgIpc) is 3.18. The third kappa shape index (κ3) is 3.98. The molecule has 3 heterocycles. The monoisotopic (exact) mass is 398 g/mol. The highest BCUT2D eigenvalue weighted by Crippen LogP contribution is 2.22. The summed E-state index contributed by atoms with van der Waals surface area (Å²) in [6, 6.07) is 10.7. The number of piperidine rings is 1. The van der Waals surface area contributed by atoms with Gasteiger partial charge in [0.2, 0.25) is 21.7 Å². The Morgan fingerprint density at radius 1 is 1.04 bits per heavy atom. The van der Waals surface area contributed by atoms with Crippen LogP contribution in [0.3, 0.4) is 0 Å². The number of aryl methyl sites for hydroxylation is 1. The summed E-state index contributed by atoms with van der Waals surface area (Å²) >= 11 is 0. The van der Waals surface area contributed by atoms with Crippen LogP contribution in [0.25, 0.3) is 11.4 Å². The second kappa shape index (κ2) is 7.81. The summed E-state index contributed by atoms with van der Waals surface area (Å²) < 4.78 is 32.3. The fourth-order valence-electron chi connectivity index (χ4n) is 3.25. The van der Waals surface area contributed by atoms with Gasteiger partial charge < -0.3 is 4.52 Å². The molecule has 0 radical (unpaired) electrons. The summed E-state index contributed by atoms with van der Waals surface area (Å²) in [5, 5.41) is 4.00. The van der Waals surface area contributed by atoms with Gasteiger partial charge in [-0.25, -0.2) is 8.42 Å². The smallest absolute Gasteiger partial charge is 0.243 e. The number of sulfonamides is 1. The van der Waals surface area contributed by atoms with Crippen LogP contribution in [0.4, 0.5) is 0 Å². The molecule has 146 valence electrons. The zero-order valence-corrected chi connectivity index (χ0v) is 16.5. The second-order valence-electron chi connectivity index (χ2n) is 6.99. The number of nitrogens with zero attached hydrogens (tertiary/aromatic N) is 4. The summed E-state index contributed by atoms with van der Waals surface area (Å²) in [5.41, 5.74) is 2.63. The van der Waals surface area contributed by atoms with Crippen molar-refractivity contribution < 1.29 is 12.9 Å². The standard InChI is InChI=1S/C20H22N4O3S/c1-15-5-8-17(14-21-15)20-22-19(27-23-20)13-16-6-9-18(10-7-16)28(25,26)24-11-3-2-4-12-24/h5-10,14H,2-4,11-13H2,1H3. The molecule has 1 aromatic carbocycles. The van der Waals surface area contributed by atoms with Crippen LogP contribution in [0, 0.1) is 6.92 Å². The molecule has 2 aromatic heterocycles. The van der Waals surface area contributed by atoms with Gasteiger partial charge in [0.15, 0.2) is 0 Å². The summed E-state index contributed by atoms with van der Waals surface area (Å²) in [5.74, 6) is 0.967. The van der Waals surface area contributed by atoms with Crippen molar-refractivity contribution in [3.05, 3.63) is 59.7 Å². The molecule has 1 aliphatic heterocycles. The van der Waals surface area contributed by atoms with Gasteiger partial charge in [0.05, 0.1) is 11.3 Å². The molecule has 3 aromatic rings. The number of aromatic nitrogens is 3. The van der Waals surface area contributed by atoms with Gasteiger partial charge in [-0.2, -0.15) is 9.29 Å². The highest BCUT2D eigenvalue weighted by molar-refractivity contribution is 7.89. The van der Waals surface area contributed by atoms with E-state index < -0.39 is 10.0 Å². The predicted octanol–water partition coefficient (Wildman–Crippen LogP) is 3.21. The van der Waals surface area contributed by atoms with Crippen molar-refractivity contribution in [3.8, 4) is 11.4 Å². The fraction of sp³-hybridized carbons (Fsp3) is 0.350. The van der Waals surface area contributed by atoms with Gasteiger partial charge in [0.25, 0.3) is 0 Å². The summed E-state index contributed by atoms with van der Waals surface area (Å²) in [6.45, 7) is 3.12. The van der Waals surface area contributed by atoms with E-state index in [-0.39, 0.29) is 0 Å². The van der Waals surface area contributed by atoms with E-state index >= 15 is 0 Å². The molecule has 0 N–H and O–H groups in total. The second-order valence-corrected chi connectivity index (χ2v) is 8.92. The Labute approximate surface area is 164 Å². The average molecular weight is 398 g/mol. The highest BCUT2D eigenvalue weighted by Gasteiger charge is 2.25. The topological polar surface area (TPSA) is 89.2 Å². The first-order valence-corrected chi connectivity index (χ1v) is 10.8. The quantitative estimate of drug-likeness (QED) is 0.656. The maximum atomic E-state index is 12.7. The Kier molecular flexibility index (Phi) is 5.23. The van der Waals surface area contributed by atoms with Crippen molar-refractivity contribution in [2.45, 2.75) is 37.5 Å². The van der Waals surface area contributed by atoms with Gasteiger partial charge in [-0.15, -0.1) is 0 Å². The highest BCUT2D eigenvalue weighted by atomic mass is 32.2. The lowest BCUT2D eigenvalue weighted by Crippen LogP contribution is -2.35. The minimum atomic E-state index is -3.41. The van der Waals surface area contributed by atoms with Crippen LogP contribution in [-0.4, -0.2) is 40.9 Å². The van der Waals surface area contributed by atoms with E-state index in [2.05, 4.69) is 15.1 Å². The molecule has 1 aliphatic rings. The fourth-order valence-corrected chi connectivity index (χ4v) is 4.77. The molecule has 28 heavy (non-hydrogen) atoms. The van der Waals surface area contributed by atoms with E-state index in [0.29, 0.717) is 36.1 Å². The Balaban J connectivity index is 1.47. The number of rotatable bonds is 5. The van der Waals surface area contributed by atoms with E-state index in [0.717, 1.165) is 36.1 Å². The van der Waals surface area contributed by atoms with Crippen molar-refractivity contribution in [3.63, 3.8) is 0 Å². The summed E-state index contributed by atoms with van der Waals surface area (Å²) in [7, 11) is -3.41. The van der Waals surface area contributed by atoms with Crippen LogP contribution in [-0.2, 0) is 16.4 Å². The normalized spacial score (nSPS) is 15.6. The molecule has 0 amide bonds. The lowest BCUT2D eigenvalue weighted by atomic mass is 10.1. The van der Waals surface area contributed by atoms with E-state index in [1.54, 1.807) is 34.8 Å². The molecule has 1 saturated heterocycles. The van der Waals surface area contributed by atoms with E-state index in [9.17, 15) is 8.42 Å². The molecule has 8 heteroatoms. The molecule has 0 unspecified atom stereocenters. The van der Waals surface area contributed by atoms with Crippen molar-refractivity contribution in [1.29, 1.82) is 0 Å². The van der Waals surface area contributed by atoms with Gasteiger partial charge in [-0.3, -0.25) is 4.98 Å². The maximum Gasteiger partial charge on any atom is 0.243 e.